The number of nitrogens with two attached hydrogens (primary N) is 1. The molecule has 41 heavy (non-hydrogen) atoms. The molecule has 0 saturated carbocycles. The number of imidazole rings is 1. The van der Waals surface area contributed by atoms with Crippen LogP contribution in [-0.4, -0.2) is 76.0 Å². The fourth-order valence-corrected chi connectivity index (χ4v) is 5.78. The highest BCUT2D eigenvalue weighted by Gasteiger charge is 2.36. The average Bonchev–Trinajstić information content (AvgIpc) is 3.66. The molecule has 4 aromatic rings. The minimum Gasteiger partial charge on any atom is -0.388 e. The lowest BCUT2D eigenvalue weighted by Crippen LogP contribution is -2.50. The summed E-state index contributed by atoms with van der Waals surface area (Å²) in [6.45, 7) is 0.153. The van der Waals surface area contributed by atoms with E-state index in [4.69, 9.17) is 5.73 Å². The summed E-state index contributed by atoms with van der Waals surface area (Å²) in [5, 5.41) is 19.0. The van der Waals surface area contributed by atoms with Gasteiger partial charge in [-0.2, -0.15) is 9.49 Å². The monoisotopic (exact) mass is 570 g/mol. The molecule has 1 saturated heterocycles. The lowest BCUT2D eigenvalue weighted by atomic mass is 9.91. The van der Waals surface area contributed by atoms with Crippen molar-refractivity contribution in [3.8, 4) is 11.3 Å². The second kappa shape index (κ2) is 10.4. The van der Waals surface area contributed by atoms with E-state index in [1.54, 1.807) is 6.20 Å². The Bertz CT molecular complexity index is 1660. The van der Waals surface area contributed by atoms with Gasteiger partial charge in [0.15, 0.2) is 0 Å². The second-order valence-electron chi connectivity index (χ2n) is 10.9. The van der Waals surface area contributed by atoms with E-state index in [0.717, 1.165) is 35.4 Å². The topological polar surface area (TPSA) is 137 Å². The number of fused-ring (bicyclic) bond motifs is 2. The average molecular weight is 571 g/mol. The zero-order valence-corrected chi connectivity index (χ0v) is 22.0. The molecule has 1 aromatic carbocycles. The summed E-state index contributed by atoms with van der Waals surface area (Å²) in [5.74, 6) is -1.46. The molecule has 216 valence electrons. The van der Waals surface area contributed by atoms with E-state index in [0.29, 0.717) is 5.69 Å². The van der Waals surface area contributed by atoms with Crippen LogP contribution < -0.4 is 11.3 Å². The molecule has 0 spiro atoms. The maximum atomic E-state index is 13.6. The van der Waals surface area contributed by atoms with Crippen molar-refractivity contribution >= 4 is 11.6 Å². The van der Waals surface area contributed by atoms with E-state index in [1.807, 2.05) is 18.2 Å². The van der Waals surface area contributed by atoms with Crippen molar-refractivity contribution in [1.82, 2.24) is 33.8 Å². The van der Waals surface area contributed by atoms with Crippen LogP contribution in [-0.2, 0) is 24.2 Å². The van der Waals surface area contributed by atoms with Crippen molar-refractivity contribution in [2.24, 2.45) is 5.73 Å². The predicted molar refractivity (Wildman–Crippen MR) is 141 cm³/mol. The number of hydrogen-bond donors (Lipinski definition) is 2. The van der Waals surface area contributed by atoms with Gasteiger partial charge in [0.1, 0.15) is 12.4 Å². The normalized spacial score (nSPS) is 19.2. The smallest absolute Gasteiger partial charge is 0.296 e. The molecule has 3 aromatic heterocycles. The molecule has 1 amide bonds. The Labute approximate surface area is 232 Å². The summed E-state index contributed by atoms with van der Waals surface area (Å²) in [7, 11) is 0. The minimum absolute atomic E-state index is 0.0670. The van der Waals surface area contributed by atoms with Crippen LogP contribution in [0.5, 0.6) is 0 Å². The van der Waals surface area contributed by atoms with E-state index in [9.17, 15) is 27.9 Å². The maximum Gasteiger partial charge on any atom is 0.296 e. The van der Waals surface area contributed by atoms with Gasteiger partial charge in [-0.3, -0.25) is 18.8 Å². The first-order valence-corrected chi connectivity index (χ1v) is 13.4. The SMILES string of the molecule is NC1Cc2ccc(-c3cnc4c(=O)n(CC5(O)CCN(C(=O)CC(C(F)F)n6ccc(F)n6)CC5)cnn34)cc2C1. The van der Waals surface area contributed by atoms with Crippen LogP contribution in [0, 0.1) is 5.95 Å². The van der Waals surface area contributed by atoms with Gasteiger partial charge in [0, 0.05) is 37.0 Å². The Morgan fingerprint density at radius 2 is 1.93 bits per heavy atom. The number of carbonyl (C=O) groups is 1. The van der Waals surface area contributed by atoms with Gasteiger partial charge in [0.2, 0.25) is 17.5 Å². The number of nitrogens with zero attached hydrogens (tertiary/aromatic N) is 7. The summed E-state index contributed by atoms with van der Waals surface area (Å²) >= 11 is 0. The van der Waals surface area contributed by atoms with Crippen LogP contribution in [0.15, 0.2) is 47.8 Å². The molecule has 0 bridgehead atoms. The van der Waals surface area contributed by atoms with Crippen molar-refractivity contribution in [3.63, 3.8) is 0 Å². The van der Waals surface area contributed by atoms with Crippen LogP contribution in [0.25, 0.3) is 16.9 Å². The van der Waals surface area contributed by atoms with Crippen LogP contribution in [0.3, 0.4) is 0 Å². The van der Waals surface area contributed by atoms with Gasteiger partial charge in [0.25, 0.3) is 12.0 Å². The Morgan fingerprint density at radius 3 is 2.63 bits per heavy atom. The van der Waals surface area contributed by atoms with Crippen LogP contribution >= 0.6 is 0 Å². The van der Waals surface area contributed by atoms with Crippen LogP contribution in [0.4, 0.5) is 13.2 Å². The first-order valence-electron chi connectivity index (χ1n) is 13.4. The Kier molecular flexibility index (Phi) is 6.90. The van der Waals surface area contributed by atoms with Gasteiger partial charge >= 0.3 is 0 Å². The Hall–Kier alpha value is -4.04. The molecule has 1 aliphatic carbocycles. The largest absolute Gasteiger partial charge is 0.388 e. The summed E-state index contributed by atoms with van der Waals surface area (Å²) < 4.78 is 43.9. The summed E-state index contributed by atoms with van der Waals surface area (Å²) in [6, 6.07) is 5.50. The number of likely N-dealkylation sites (tertiary alicyclic amines) is 1. The second-order valence-corrected chi connectivity index (χ2v) is 10.9. The van der Waals surface area contributed by atoms with E-state index in [2.05, 4.69) is 15.2 Å². The van der Waals surface area contributed by atoms with Crippen LogP contribution in [0.1, 0.15) is 36.4 Å². The number of piperidine rings is 1. The zero-order chi connectivity index (χ0) is 28.9. The quantitative estimate of drug-likeness (QED) is 0.344. The standard InChI is InChI=1S/C27H29F3N8O3/c28-22-3-6-37(34-22)20(24(29)30)12-23(39)35-7-4-27(41,5-8-35)14-36-15-33-38-21(13-32-25(38)26(36)40)17-2-1-16-10-19(31)11-18(16)9-17/h1-3,6,9,13,15,19-20,24,41H,4-5,7-8,10-12,14,31H2. The third-order valence-electron chi connectivity index (χ3n) is 8.06. The first kappa shape index (κ1) is 27.1. The maximum absolute atomic E-state index is 13.6. The molecule has 0 radical (unpaired) electrons. The van der Waals surface area contributed by atoms with E-state index >= 15 is 0 Å². The van der Waals surface area contributed by atoms with Gasteiger partial charge in [0.05, 0.1) is 30.5 Å². The minimum atomic E-state index is -2.92. The number of halogens is 3. The number of aliphatic hydroxyl groups is 1. The van der Waals surface area contributed by atoms with Crippen molar-refractivity contribution in [2.45, 2.75) is 62.8 Å². The predicted octanol–water partition coefficient (Wildman–Crippen LogP) is 1.57. The summed E-state index contributed by atoms with van der Waals surface area (Å²) in [5.41, 5.74) is 8.39. The first-order chi connectivity index (χ1) is 19.6. The van der Waals surface area contributed by atoms with Crippen molar-refractivity contribution in [3.05, 3.63) is 70.4 Å². The molecule has 3 N–H and O–H groups in total. The number of rotatable bonds is 7. The fourth-order valence-electron chi connectivity index (χ4n) is 5.78. The molecule has 2 aliphatic rings. The Balaban J connectivity index is 1.13. The molecule has 2 atom stereocenters. The van der Waals surface area contributed by atoms with E-state index in [1.165, 1.54) is 31.4 Å². The Morgan fingerprint density at radius 1 is 1.17 bits per heavy atom. The van der Waals surface area contributed by atoms with Gasteiger partial charge in [-0.05, 0) is 42.9 Å². The van der Waals surface area contributed by atoms with Gasteiger partial charge in [-0.25, -0.2) is 18.3 Å². The highest BCUT2D eigenvalue weighted by molar-refractivity contribution is 5.76. The molecule has 2 unspecified atom stereocenters. The number of alkyl halides is 2. The van der Waals surface area contributed by atoms with Crippen molar-refractivity contribution in [1.29, 1.82) is 0 Å². The summed E-state index contributed by atoms with van der Waals surface area (Å²) in [4.78, 5) is 31.7. The molecule has 1 fully saturated rings. The molecule has 1 aliphatic heterocycles. The van der Waals surface area contributed by atoms with Crippen molar-refractivity contribution < 1.29 is 23.1 Å². The molecular weight excluding hydrogens is 541 g/mol. The molecule has 4 heterocycles. The lowest BCUT2D eigenvalue weighted by molar-refractivity contribution is -0.138. The lowest BCUT2D eigenvalue weighted by Gasteiger charge is -2.38. The van der Waals surface area contributed by atoms with E-state index in [-0.39, 0.29) is 44.2 Å². The number of carbonyl (C=O) groups excluding carboxylic acids is 1. The highest BCUT2D eigenvalue weighted by atomic mass is 19.3. The van der Waals surface area contributed by atoms with Crippen molar-refractivity contribution in [2.75, 3.05) is 13.1 Å². The van der Waals surface area contributed by atoms with E-state index < -0.39 is 41.9 Å². The molecule has 11 nitrogen and oxygen atoms in total. The highest BCUT2D eigenvalue weighted by Crippen LogP contribution is 2.29. The number of hydrogen-bond acceptors (Lipinski definition) is 7. The van der Waals surface area contributed by atoms with Gasteiger partial charge in [-0.15, -0.1) is 5.10 Å². The van der Waals surface area contributed by atoms with Gasteiger partial charge < -0.3 is 15.7 Å². The molecule has 14 heteroatoms. The molecular formula is C27H29F3N8O3. The molecule has 6 rings (SSSR count). The zero-order valence-electron chi connectivity index (χ0n) is 22.0. The summed E-state index contributed by atoms with van der Waals surface area (Å²) in [6.07, 6.45) is 2.42. The number of aromatic nitrogens is 6. The van der Waals surface area contributed by atoms with Gasteiger partial charge in [-0.1, -0.05) is 12.1 Å². The number of amides is 1. The fraction of sp³-hybridized carbons (Fsp3) is 0.444. The number of benzene rings is 1. The third kappa shape index (κ3) is 5.24. The third-order valence-corrected chi connectivity index (χ3v) is 8.06. The van der Waals surface area contributed by atoms with Crippen LogP contribution in [0.2, 0.25) is 0 Å².